The van der Waals surface area contributed by atoms with E-state index in [1.54, 1.807) is 31.2 Å². The fourth-order valence-electron chi connectivity index (χ4n) is 1.93. The molecule has 5 heteroatoms. The summed E-state index contributed by atoms with van der Waals surface area (Å²) in [6, 6.07) is 14.2. The number of amides is 1. The third kappa shape index (κ3) is 5.14. The standard InChI is InChI=1S/C18H20N2O3/c1-3-14-7-9-17(10-8-14)23-13(2)18(22)20-19-12-15-5-4-6-16(21)11-15/h4-13,21H,3H2,1-2H3,(H,20,22). The Morgan fingerprint density at radius 1 is 1.30 bits per heavy atom. The van der Waals surface area contributed by atoms with Gasteiger partial charge in [-0.3, -0.25) is 4.79 Å². The summed E-state index contributed by atoms with van der Waals surface area (Å²) in [5.41, 5.74) is 4.32. The van der Waals surface area contributed by atoms with Crippen LogP contribution in [0.2, 0.25) is 0 Å². The summed E-state index contributed by atoms with van der Waals surface area (Å²) in [5.74, 6) is 0.440. The number of ether oxygens (including phenoxy) is 1. The third-order valence-electron chi connectivity index (χ3n) is 3.27. The summed E-state index contributed by atoms with van der Waals surface area (Å²) in [6.07, 6.45) is 1.75. The molecule has 0 bridgehead atoms. The Bertz CT molecular complexity index is 681. The van der Waals surface area contributed by atoms with Gasteiger partial charge in [-0.2, -0.15) is 5.10 Å². The number of aryl methyl sites for hydroxylation is 1. The molecule has 0 saturated heterocycles. The van der Waals surface area contributed by atoms with Crippen molar-refractivity contribution in [2.75, 3.05) is 0 Å². The summed E-state index contributed by atoms with van der Waals surface area (Å²) in [4.78, 5) is 11.9. The second-order valence-electron chi connectivity index (χ2n) is 5.09. The van der Waals surface area contributed by atoms with Crippen LogP contribution in [0.15, 0.2) is 53.6 Å². The number of phenols is 1. The van der Waals surface area contributed by atoms with Crippen molar-refractivity contribution >= 4 is 12.1 Å². The average Bonchev–Trinajstić information content (AvgIpc) is 2.55. The van der Waals surface area contributed by atoms with E-state index in [9.17, 15) is 9.90 Å². The maximum Gasteiger partial charge on any atom is 0.280 e. The van der Waals surface area contributed by atoms with Gasteiger partial charge >= 0.3 is 0 Å². The lowest BCUT2D eigenvalue weighted by Gasteiger charge is -2.13. The number of carbonyl (C=O) groups is 1. The van der Waals surface area contributed by atoms with E-state index in [2.05, 4.69) is 17.5 Å². The van der Waals surface area contributed by atoms with Crippen molar-refractivity contribution in [3.05, 3.63) is 59.7 Å². The molecule has 0 saturated carbocycles. The molecular weight excluding hydrogens is 292 g/mol. The first kappa shape index (κ1) is 16.5. The lowest BCUT2D eigenvalue weighted by Crippen LogP contribution is -2.33. The third-order valence-corrected chi connectivity index (χ3v) is 3.27. The van der Waals surface area contributed by atoms with Crippen LogP contribution in [0.25, 0.3) is 0 Å². The molecule has 1 unspecified atom stereocenters. The zero-order valence-corrected chi connectivity index (χ0v) is 13.2. The zero-order valence-electron chi connectivity index (χ0n) is 13.2. The first-order valence-electron chi connectivity index (χ1n) is 7.46. The Balaban J connectivity index is 1.86. The largest absolute Gasteiger partial charge is 0.508 e. The molecule has 2 aromatic carbocycles. The van der Waals surface area contributed by atoms with Gasteiger partial charge in [0.2, 0.25) is 0 Å². The van der Waals surface area contributed by atoms with Gasteiger partial charge in [0.25, 0.3) is 5.91 Å². The average molecular weight is 312 g/mol. The van der Waals surface area contributed by atoms with Gasteiger partial charge in [0.1, 0.15) is 11.5 Å². The maximum absolute atomic E-state index is 11.9. The normalized spacial score (nSPS) is 12.1. The van der Waals surface area contributed by atoms with Crippen LogP contribution in [0.3, 0.4) is 0 Å². The highest BCUT2D eigenvalue weighted by molar-refractivity contribution is 5.84. The molecule has 2 rings (SSSR count). The molecule has 0 radical (unpaired) electrons. The molecule has 0 aliphatic carbocycles. The van der Waals surface area contributed by atoms with Gasteiger partial charge in [-0.1, -0.05) is 31.2 Å². The summed E-state index contributed by atoms with van der Waals surface area (Å²) in [7, 11) is 0. The monoisotopic (exact) mass is 312 g/mol. The molecular formula is C18H20N2O3. The van der Waals surface area contributed by atoms with Crippen LogP contribution in [0.5, 0.6) is 11.5 Å². The highest BCUT2D eigenvalue weighted by Gasteiger charge is 2.13. The van der Waals surface area contributed by atoms with Crippen LogP contribution in [-0.4, -0.2) is 23.3 Å². The quantitative estimate of drug-likeness (QED) is 0.636. The van der Waals surface area contributed by atoms with Crippen LogP contribution in [-0.2, 0) is 11.2 Å². The fraction of sp³-hybridized carbons (Fsp3) is 0.222. The Morgan fingerprint density at radius 2 is 2.04 bits per heavy atom. The Kier molecular flexibility index (Phi) is 5.74. The van der Waals surface area contributed by atoms with E-state index in [-0.39, 0.29) is 11.7 Å². The van der Waals surface area contributed by atoms with E-state index in [4.69, 9.17) is 4.74 Å². The summed E-state index contributed by atoms with van der Waals surface area (Å²) < 4.78 is 5.57. The number of nitrogens with one attached hydrogen (secondary N) is 1. The molecule has 5 nitrogen and oxygen atoms in total. The number of hydrogen-bond donors (Lipinski definition) is 2. The number of carbonyl (C=O) groups excluding carboxylic acids is 1. The van der Waals surface area contributed by atoms with Crippen molar-refractivity contribution < 1.29 is 14.6 Å². The Labute approximate surface area is 135 Å². The fourth-order valence-corrected chi connectivity index (χ4v) is 1.93. The number of hydrogen-bond acceptors (Lipinski definition) is 4. The van der Waals surface area contributed by atoms with Crippen molar-refractivity contribution in [1.82, 2.24) is 5.43 Å². The Morgan fingerprint density at radius 3 is 2.70 bits per heavy atom. The van der Waals surface area contributed by atoms with Crippen LogP contribution >= 0.6 is 0 Å². The zero-order chi connectivity index (χ0) is 16.7. The molecule has 23 heavy (non-hydrogen) atoms. The molecule has 2 N–H and O–H groups in total. The molecule has 0 spiro atoms. The number of hydrazone groups is 1. The van der Waals surface area contributed by atoms with Crippen molar-refractivity contribution in [1.29, 1.82) is 0 Å². The SMILES string of the molecule is CCc1ccc(OC(C)C(=O)NN=Cc2cccc(O)c2)cc1. The van der Waals surface area contributed by atoms with Crippen LogP contribution in [0.1, 0.15) is 25.0 Å². The molecule has 0 fully saturated rings. The topological polar surface area (TPSA) is 70.9 Å². The lowest BCUT2D eigenvalue weighted by atomic mass is 10.2. The minimum absolute atomic E-state index is 0.146. The second-order valence-corrected chi connectivity index (χ2v) is 5.09. The number of benzene rings is 2. The van der Waals surface area contributed by atoms with Crippen LogP contribution in [0, 0.1) is 0 Å². The minimum atomic E-state index is -0.663. The van der Waals surface area contributed by atoms with E-state index >= 15 is 0 Å². The van der Waals surface area contributed by atoms with E-state index in [1.165, 1.54) is 11.8 Å². The maximum atomic E-state index is 11.9. The van der Waals surface area contributed by atoms with Crippen LogP contribution < -0.4 is 10.2 Å². The van der Waals surface area contributed by atoms with E-state index in [1.807, 2.05) is 24.3 Å². The molecule has 120 valence electrons. The van der Waals surface area contributed by atoms with Crippen molar-refractivity contribution in [3.63, 3.8) is 0 Å². The lowest BCUT2D eigenvalue weighted by molar-refractivity contribution is -0.127. The van der Waals surface area contributed by atoms with Gasteiger partial charge in [0, 0.05) is 0 Å². The molecule has 0 heterocycles. The minimum Gasteiger partial charge on any atom is -0.508 e. The predicted molar refractivity (Wildman–Crippen MR) is 89.8 cm³/mol. The predicted octanol–water partition coefficient (Wildman–Crippen LogP) is 2.87. The molecule has 1 atom stereocenters. The van der Waals surface area contributed by atoms with Gasteiger partial charge < -0.3 is 9.84 Å². The molecule has 2 aromatic rings. The second kappa shape index (κ2) is 7.98. The van der Waals surface area contributed by atoms with Crippen molar-refractivity contribution in [3.8, 4) is 11.5 Å². The van der Waals surface area contributed by atoms with Gasteiger partial charge in [-0.05, 0) is 48.7 Å². The first-order chi connectivity index (χ1) is 11.1. The molecule has 0 aliphatic heterocycles. The van der Waals surface area contributed by atoms with E-state index < -0.39 is 6.10 Å². The van der Waals surface area contributed by atoms with Crippen LogP contribution in [0.4, 0.5) is 0 Å². The highest BCUT2D eigenvalue weighted by Crippen LogP contribution is 2.14. The van der Waals surface area contributed by atoms with Gasteiger partial charge in [-0.25, -0.2) is 5.43 Å². The van der Waals surface area contributed by atoms with E-state index in [0.29, 0.717) is 11.3 Å². The molecule has 0 aliphatic rings. The van der Waals surface area contributed by atoms with Crippen molar-refractivity contribution in [2.45, 2.75) is 26.4 Å². The summed E-state index contributed by atoms with van der Waals surface area (Å²) in [5, 5.41) is 13.2. The van der Waals surface area contributed by atoms with E-state index in [0.717, 1.165) is 6.42 Å². The van der Waals surface area contributed by atoms with Gasteiger partial charge in [0.05, 0.1) is 6.21 Å². The Hall–Kier alpha value is -2.82. The number of nitrogens with zero attached hydrogens (tertiary/aromatic N) is 1. The first-order valence-corrected chi connectivity index (χ1v) is 7.46. The molecule has 0 aromatic heterocycles. The summed E-state index contributed by atoms with van der Waals surface area (Å²) in [6.45, 7) is 3.74. The number of rotatable bonds is 6. The summed E-state index contributed by atoms with van der Waals surface area (Å²) >= 11 is 0. The van der Waals surface area contributed by atoms with Gasteiger partial charge in [-0.15, -0.1) is 0 Å². The van der Waals surface area contributed by atoms with Gasteiger partial charge in [0.15, 0.2) is 6.10 Å². The number of aromatic hydroxyl groups is 1. The number of phenolic OH excluding ortho intramolecular Hbond substituents is 1. The smallest absolute Gasteiger partial charge is 0.280 e. The van der Waals surface area contributed by atoms with Crippen molar-refractivity contribution in [2.24, 2.45) is 5.10 Å². The molecule has 1 amide bonds. The highest BCUT2D eigenvalue weighted by atomic mass is 16.5.